The molecule has 0 radical (unpaired) electrons. The van der Waals surface area contributed by atoms with Crippen LogP contribution in [0.3, 0.4) is 0 Å². The third kappa shape index (κ3) is 4.40. The van der Waals surface area contributed by atoms with Gasteiger partial charge >= 0.3 is 11.9 Å². The molecule has 0 bridgehead atoms. The van der Waals surface area contributed by atoms with Crippen molar-refractivity contribution in [3.05, 3.63) is 52.2 Å². The molecule has 7 heteroatoms. The number of hydrogen-bond acceptors (Lipinski definition) is 6. The standard InChI is InChI=1S/C16H15NO5S/c1-10(15(19)21-2)22-16(20)11-5-3-6-12(9-11)17-14(18)13-7-4-8-23-13/h3-10H,1-2H3,(H,17,18)/t10-/m1/s1. The quantitative estimate of drug-likeness (QED) is 0.851. The number of benzene rings is 1. The molecule has 23 heavy (non-hydrogen) atoms. The highest BCUT2D eigenvalue weighted by atomic mass is 32.1. The fourth-order valence-electron chi connectivity index (χ4n) is 1.77. The monoisotopic (exact) mass is 333 g/mol. The van der Waals surface area contributed by atoms with Crippen LogP contribution < -0.4 is 5.32 Å². The lowest BCUT2D eigenvalue weighted by Gasteiger charge is -2.11. The van der Waals surface area contributed by atoms with Gasteiger partial charge in [-0.1, -0.05) is 12.1 Å². The maximum Gasteiger partial charge on any atom is 0.346 e. The molecule has 6 nitrogen and oxygen atoms in total. The number of carbonyl (C=O) groups is 3. The molecule has 1 aromatic carbocycles. The molecule has 0 unspecified atom stereocenters. The normalized spacial score (nSPS) is 11.4. The first-order chi connectivity index (χ1) is 11.0. The van der Waals surface area contributed by atoms with Crippen LogP contribution in [0.2, 0.25) is 0 Å². The molecule has 0 saturated heterocycles. The van der Waals surface area contributed by atoms with E-state index in [4.69, 9.17) is 4.74 Å². The summed E-state index contributed by atoms with van der Waals surface area (Å²) in [6, 6.07) is 9.78. The minimum atomic E-state index is -1.00. The molecule has 1 N–H and O–H groups in total. The van der Waals surface area contributed by atoms with Gasteiger partial charge < -0.3 is 14.8 Å². The molecule has 2 aromatic rings. The van der Waals surface area contributed by atoms with Crippen LogP contribution in [0, 0.1) is 0 Å². The van der Waals surface area contributed by atoms with Crippen molar-refractivity contribution < 1.29 is 23.9 Å². The number of methoxy groups -OCH3 is 1. The average molecular weight is 333 g/mol. The average Bonchev–Trinajstić information content (AvgIpc) is 3.08. The zero-order chi connectivity index (χ0) is 16.8. The number of rotatable bonds is 5. The van der Waals surface area contributed by atoms with Gasteiger partial charge in [0.25, 0.3) is 5.91 Å². The Morgan fingerprint density at radius 3 is 2.61 bits per heavy atom. The Labute approximate surface area is 137 Å². The van der Waals surface area contributed by atoms with Crippen molar-refractivity contribution in [3.63, 3.8) is 0 Å². The van der Waals surface area contributed by atoms with Gasteiger partial charge in [0, 0.05) is 5.69 Å². The Bertz CT molecular complexity index is 711. The van der Waals surface area contributed by atoms with Gasteiger partial charge in [0.15, 0.2) is 6.10 Å². The number of anilines is 1. The Morgan fingerprint density at radius 2 is 1.96 bits per heavy atom. The summed E-state index contributed by atoms with van der Waals surface area (Å²) in [4.78, 5) is 35.8. The van der Waals surface area contributed by atoms with Crippen LogP contribution in [0.5, 0.6) is 0 Å². The van der Waals surface area contributed by atoms with Crippen LogP contribution in [0.4, 0.5) is 5.69 Å². The van der Waals surface area contributed by atoms with E-state index in [0.717, 1.165) is 0 Å². The number of esters is 2. The molecular formula is C16H15NO5S. The summed E-state index contributed by atoms with van der Waals surface area (Å²) in [5, 5.41) is 4.50. The number of nitrogens with one attached hydrogen (secondary N) is 1. The first-order valence-electron chi connectivity index (χ1n) is 6.75. The van der Waals surface area contributed by atoms with E-state index in [1.807, 2.05) is 0 Å². The molecule has 0 fully saturated rings. The molecule has 1 atom stereocenters. The predicted molar refractivity (Wildman–Crippen MR) is 85.6 cm³/mol. The SMILES string of the molecule is COC(=O)[C@@H](C)OC(=O)c1cccc(NC(=O)c2cccs2)c1. The summed E-state index contributed by atoms with van der Waals surface area (Å²) in [6.45, 7) is 1.42. The lowest BCUT2D eigenvalue weighted by Crippen LogP contribution is -2.25. The molecular weight excluding hydrogens is 318 g/mol. The molecule has 1 heterocycles. The first kappa shape index (κ1) is 16.7. The summed E-state index contributed by atoms with van der Waals surface area (Å²) < 4.78 is 9.49. The van der Waals surface area contributed by atoms with Crippen LogP contribution in [-0.2, 0) is 14.3 Å². The van der Waals surface area contributed by atoms with E-state index >= 15 is 0 Å². The number of hydrogen-bond donors (Lipinski definition) is 1. The maximum atomic E-state index is 12.0. The van der Waals surface area contributed by atoms with Gasteiger partial charge in [-0.15, -0.1) is 11.3 Å². The Hall–Kier alpha value is -2.67. The number of carbonyl (C=O) groups excluding carboxylic acids is 3. The van der Waals surface area contributed by atoms with Gasteiger partial charge in [-0.25, -0.2) is 9.59 Å². The second-order valence-corrected chi connectivity index (χ2v) is 5.53. The van der Waals surface area contributed by atoms with Crippen molar-refractivity contribution in [2.75, 3.05) is 12.4 Å². The summed E-state index contributed by atoms with van der Waals surface area (Å²) in [5.41, 5.74) is 0.688. The fraction of sp³-hybridized carbons (Fsp3) is 0.188. The van der Waals surface area contributed by atoms with Crippen molar-refractivity contribution in [2.24, 2.45) is 0 Å². The molecule has 1 amide bonds. The number of thiophene rings is 1. The second-order valence-electron chi connectivity index (χ2n) is 4.58. The van der Waals surface area contributed by atoms with Crippen molar-refractivity contribution in [3.8, 4) is 0 Å². The van der Waals surface area contributed by atoms with Crippen LogP contribution in [0.25, 0.3) is 0 Å². The third-order valence-electron chi connectivity index (χ3n) is 2.92. The van der Waals surface area contributed by atoms with Crippen LogP contribution in [-0.4, -0.2) is 31.1 Å². The van der Waals surface area contributed by atoms with E-state index in [0.29, 0.717) is 10.6 Å². The summed E-state index contributed by atoms with van der Waals surface area (Å²) in [7, 11) is 1.22. The van der Waals surface area contributed by atoms with E-state index in [9.17, 15) is 14.4 Å². The molecule has 0 aliphatic carbocycles. The van der Waals surface area contributed by atoms with Crippen molar-refractivity contribution in [1.82, 2.24) is 0 Å². The van der Waals surface area contributed by atoms with Gasteiger partial charge in [-0.3, -0.25) is 4.79 Å². The van der Waals surface area contributed by atoms with Crippen LogP contribution in [0.1, 0.15) is 27.0 Å². The van der Waals surface area contributed by atoms with E-state index in [2.05, 4.69) is 10.1 Å². The van der Waals surface area contributed by atoms with Gasteiger partial charge in [0.1, 0.15) is 0 Å². The molecule has 0 spiro atoms. The molecule has 1 aromatic heterocycles. The third-order valence-corrected chi connectivity index (χ3v) is 3.79. The van der Waals surface area contributed by atoms with Crippen molar-refractivity contribution >= 4 is 34.9 Å². The van der Waals surface area contributed by atoms with E-state index in [-0.39, 0.29) is 11.5 Å². The highest BCUT2D eigenvalue weighted by Crippen LogP contribution is 2.16. The van der Waals surface area contributed by atoms with E-state index in [1.54, 1.807) is 29.6 Å². The Kier molecular flexibility index (Phi) is 5.48. The van der Waals surface area contributed by atoms with Crippen LogP contribution >= 0.6 is 11.3 Å². The number of ether oxygens (including phenoxy) is 2. The molecule has 2 rings (SSSR count). The van der Waals surface area contributed by atoms with E-state index in [1.165, 1.54) is 37.5 Å². The van der Waals surface area contributed by atoms with Gasteiger partial charge in [-0.05, 0) is 36.6 Å². The Morgan fingerprint density at radius 1 is 1.17 bits per heavy atom. The van der Waals surface area contributed by atoms with Gasteiger partial charge in [0.2, 0.25) is 0 Å². The van der Waals surface area contributed by atoms with Crippen molar-refractivity contribution in [1.29, 1.82) is 0 Å². The van der Waals surface area contributed by atoms with E-state index < -0.39 is 18.0 Å². The minimum absolute atomic E-state index is 0.227. The zero-order valence-electron chi connectivity index (χ0n) is 12.6. The zero-order valence-corrected chi connectivity index (χ0v) is 13.4. The lowest BCUT2D eigenvalue weighted by atomic mass is 10.2. The number of amides is 1. The minimum Gasteiger partial charge on any atom is -0.466 e. The lowest BCUT2D eigenvalue weighted by molar-refractivity contribution is -0.149. The first-order valence-corrected chi connectivity index (χ1v) is 7.63. The largest absolute Gasteiger partial charge is 0.466 e. The summed E-state index contributed by atoms with van der Waals surface area (Å²) in [5.74, 6) is -1.57. The smallest absolute Gasteiger partial charge is 0.346 e. The predicted octanol–water partition coefficient (Wildman–Crippen LogP) is 2.72. The highest BCUT2D eigenvalue weighted by Gasteiger charge is 2.19. The topological polar surface area (TPSA) is 81.7 Å². The molecule has 0 aliphatic heterocycles. The summed E-state index contributed by atoms with van der Waals surface area (Å²) in [6.07, 6.45) is -1.00. The van der Waals surface area contributed by atoms with Crippen LogP contribution in [0.15, 0.2) is 41.8 Å². The van der Waals surface area contributed by atoms with Gasteiger partial charge in [-0.2, -0.15) is 0 Å². The van der Waals surface area contributed by atoms with Crippen molar-refractivity contribution in [2.45, 2.75) is 13.0 Å². The molecule has 0 aliphatic rings. The highest BCUT2D eigenvalue weighted by molar-refractivity contribution is 7.12. The maximum absolute atomic E-state index is 12.0. The summed E-state index contributed by atoms with van der Waals surface area (Å²) >= 11 is 1.32. The van der Waals surface area contributed by atoms with Gasteiger partial charge in [0.05, 0.1) is 17.6 Å². The molecule has 0 saturated carbocycles. The molecule has 120 valence electrons. The second kappa shape index (κ2) is 7.55. The Balaban J connectivity index is 2.06. The fourth-order valence-corrected chi connectivity index (χ4v) is 2.39.